The Bertz CT molecular complexity index is 643. The number of carboxylic acids is 1. The zero-order valence-corrected chi connectivity index (χ0v) is 30.4. The van der Waals surface area contributed by atoms with Gasteiger partial charge in [-0.3, -0.25) is 9.59 Å². The molecule has 266 valence electrons. The summed E-state index contributed by atoms with van der Waals surface area (Å²) in [4.78, 5) is 23.3. The number of carbonyl (C=O) groups is 2. The quantitative estimate of drug-likeness (QED) is 0.0419. The predicted octanol–water partition coefficient (Wildman–Crippen LogP) is 13.8. The molecule has 0 saturated carbocycles. The molecule has 0 aliphatic carbocycles. The molecule has 1 N–H and O–H groups in total. The average Bonchev–Trinajstić information content (AvgIpc) is 3.02. The van der Waals surface area contributed by atoms with E-state index in [1.54, 1.807) is 0 Å². The number of esters is 1. The monoisotopic (exact) mass is 635 g/mol. The number of rotatable bonds is 37. The fourth-order valence-electron chi connectivity index (χ4n) is 6.24. The van der Waals surface area contributed by atoms with Crippen LogP contribution in [0, 0.1) is 0 Å². The third-order valence-electron chi connectivity index (χ3n) is 9.24. The average molecular weight is 635 g/mol. The lowest BCUT2D eigenvalue weighted by atomic mass is 10.0. The van der Waals surface area contributed by atoms with E-state index in [9.17, 15) is 9.59 Å². The fraction of sp³-hybridized carbons (Fsp3) is 0.902. The molecule has 0 amide bonds. The van der Waals surface area contributed by atoms with E-state index in [1.807, 2.05) is 0 Å². The van der Waals surface area contributed by atoms with E-state index in [4.69, 9.17) is 9.84 Å². The minimum absolute atomic E-state index is 0.00814. The highest BCUT2D eigenvalue weighted by molar-refractivity contribution is 5.69. The summed E-state index contributed by atoms with van der Waals surface area (Å²) in [5.74, 6) is -0.752. The first kappa shape index (κ1) is 43.7. The Labute approximate surface area is 281 Å². The molecule has 0 heterocycles. The SMILES string of the molecule is CCCCCCCC/C=C\CCCCCCCCCCCCCC(=O)OC(CCCCCCCCCC)CCCCCC(=O)O. The first-order valence-corrected chi connectivity index (χ1v) is 20.2. The number of ether oxygens (including phenoxy) is 1. The maximum absolute atomic E-state index is 12.6. The Morgan fingerprint density at radius 2 is 0.800 bits per heavy atom. The number of allylic oxidation sites excluding steroid dienone is 2. The molecule has 1 unspecified atom stereocenters. The maximum Gasteiger partial charge on any atom is 0.306 e. The third-order valence-corrected chi connectivity index (χ3v) is 9.24. The second kappa shape index (κ2) is 37.1. The Balaban J connectivity index is 3.74. The highest BCUT2D eigenvalue weighted by Crippen LogP contribution is 2.19. The number of unbranched alkanes of at least 4 members (excludes halogenated alkanes) is 26. The highest BCUT2D eigenvalue weighted by Gasteiger charge is 2.14. The van der Waals surface area contributed by atoms with Gasteiger partial charge >= 0.3 is 11.9 Å². The van der Waals surface area contributed by atoms with E-state index in [-0.39, 0.29) is 18.5 Å². The van der Waals surface area contributed by atoms with Crippen LogP contribution in [0.25, 0.3) is 0 Å². The largest absolute Gasteiger partial charge is 0.481 e. The van der Waals surface area contributed by atoms with Crippen LogP contribution in [-0.2, 0) is 14.3 Å². The van der Waals surface area contributed by atoms with Crippen molar-refractivity contribution in [1.29, 1.82) is 0 Å². The van der Waals surface area contributed by atoms with Crippen molar-refractivity contribution in [1.82, 2.24) is 0 Å². The van der Waals surface area contributed by atoms with E-state index in [0.717, 1.165) is 44.9 Å². The summed E-state index contributed by atoms with van der Waals surface area (Å²) in [6.07, 6.45) is 45.3. The molecule has 4 heteroatoms. The van der Waals surface area contributed by atoms with Gasteiger partial charge in [0.15, 0.2) is 0 Å². The molecule has 0 bridgehead atoms. The van der Waals surface area contributed by atoms with Crippen molar-refractivity contribution in [2.45, 2.75) is 238 Å². The molecule has 0 saturated heterocycles. The lowest BCUT2D eigenvalue weighted by Gasteiger charge is -2.18. The topological polar surface area (TPSA) is 63.6 Å². The van der Waals surface area contributed by atoms with Crippen LogP contribution < -0.4 is 0 Å². The molecular formula is C41H78O4. The van der Waals surface area contributed by atoms with E-state index in [0.29, 0.717) is 12.8 Å². The standard InChI is InChI=1S/C41H78O4/c1-3-5-7-9-11-13-14-15-16-17-18-19-20-21-22-23-24-25-27-29-34-38-41(44)45-39(36-32-30-33-37-40(42)43)35-31-28-26-12-10-8-6-4-2/h15-16,39H,3-14,17-38H2,1-2H3,(H,42,43)/b16-15-. The van der Waals surface area contributed by atoms with Crippen molar-refractivity contribution < 1.29 is 19.4 Å². The van der Waals surface area contributed by atoms with Crippen LogP contribution in [0.15, 0.2) is 12.2 Å². The van der Waals surface area contributed by atoms with Gasteiger partial charge in [0.2, 0.25) is 0 Å². The number of carboxylic acid groups (broad SMARTS) is 1. The number of aliphatic carboxylic acids is 1. The van der Waals surface area contributed by atoms with Gasteiger partial charge in [0.1, 0.15) is 6.10 Å². The van der Waals surface area contributed by atoms with Crippen LogP contribution in [0.2, 0.25) is 0 Å². The first-order chi connectivity index (χ1) is 22.1. The molecule has 0 aliphatic rings. The second-order valence-electron chi connectivity index (χ2n) is 13.8. The van der Waals surface area contributed by atoms with Gasteiger partial charge in [0, 0.05) is 12.8 Å². The molecule has 0 aromatic carbocycles. The van der Waals surface area contributed by atoms with Crippen molar-refractivity contribution in [3.05, 3.63) is 12.2 Å². The van der Waals surface area contributed by atoms with Crippen molar-refractivity contribution in [2.75, 3.05) is 0 Å². The van der Waals surface area contributed by atoms with Gasteiger partial charge in [-0.15, -0.1) is 0 Å². The Morgan fingerprint density at radius 3 is 1.22 bits per heavy atom. The maximum atomic E-state index is 12.6. The Kier molecular flexibility index (Phi) is 36.1. The number of hydrogen-bond acceptors (Lipinski definition) is 3. The van der Waals surface area contributed by atoms with Gasteiger partial charge in [-0.05, 0) is 64.2 Å². The van der Waals surface area contributed by atoms with Gasteiger partial charge in [-0.25, -0.2) is 0 Å². The van der Waals surface area contributed by atoms with Crippen molar-refractivity contribution in [3.63, 3.8) is 0 Å². The lowest BCUT2D eigenvalue weighted by Crippen LogP contribution is -2.18. The molecule has 1 atom stereocenters. The van der Waals surface area contributed by atoms with Gasteiger partial charge in [-0.2, -0.15) is 0 Å². The third kappa shape index (κ3) is 37.0. The van der Waals surface area contributed by atoms with Crippen LogP contribution in [0.4, 0.5) is 0 Å². The minimum Gasteiger partial charge on any atom is -0.481 e. The number of hydrogen-bond donors (Lipinski definition) is 1. The molecule has 0 aromatic heterocycles. The molecule has 0 radical (unpaired) electrons. The summed E-state index contributed by atoms with van der Waals surface area (Å²) in [6.45, 7) is 4.54. The summed E-state index contributed by atoms with van der Waals surface area (Å²) < 4.78 is 5.92. The molecule has 0 aliphatic heterocycles. The van der Waals surface area contributed by atoms with Crippen LogP contribution in [-0.4, -0.2) is 23.1 Å². The zero-order valence-electron chi connectivity index (χ0n) is 30.4. The summed E-state index contributed by atoms with van der Waals surface area (Å²) in [7, 11) is 0. The zero-order chi connectivity index (χ0) is 32.9. The van der Waals surface area contributed by atoms with Gasteiger partial charge in [0.05, 0.1) is 0 Å². The second-order valence-corrected chi connectivity index (χ2v) is 13.8. The summed E-state index contributed by atoms with van der Waals surface area (Å²) in [6, 6.07) is 0. The van der Waals surface area contributed by atoms with Crippen LogP contribution >= 0.6 is 0 Å². The molecule has 4 nitrogen and oxygen atoms in total. The summed E-state index contributed by atoms with van der Waals surface area (Å²) in [5, 5.41) is 8.87. The Morgan fingerprint density at radius 1 is 0.467 bits per heavy atom. The Hall–Kier alpha value is -1.32. The highest BCUT2D eigenvalue weighted by atomic mass is 16.5. The summed E-state index contributed by atoms with van der Waals surface area (Å²) in [5.41, 5.74) is 0. The van der Waals surface area contributed by atoms with Crippen molar-refractivity contribution in [2.24, 2.45) is 0 Å². The molecular weight excluding hydrogens is 556 g/mol. The molecule has 45 heavy (non-hydrogen) atoms. The van der Waals surface area contributed by atoms with Crippen molar-refractivity contribution in [3.8, 4) is 0 Å². The van der Waals surface area contributed by atoms with Crippen LogP contribution in [0.1, 0.15) is 232 Å². The minimum atomic E-state index is -0.722. The van der Waals surface area contributed by atoms with Crippen molar-refractivity contribution >= 4 is 11.9 Å². The predicted molar refractivity (Wildman–Crippen MR) is 195 cm³/mol. The van der Waals surface area contributed by atoms with Gasteiger partial charge in [-0.1, -0.05) is 167 Å². The van der Waals surface area contributed by atoms with E-state index in [1.165, 1.54) is 154 Å². The first-order valence-electron chi connectivity index (χ1n) is 20.2. The van der Waals surface area contributed by atoms with E-state index < -0.39 is 5.97 Å². The van der Waals surface area contributed by atoms with Gasteiger partial charge in [0.25, 0.3) is 0 Å². The lowest BCUT2D eigenvalue weighted by molar-refractivity contribution is -0.150. The molecule has 0 fully saturated rings. The van der Waals surface area contributed by atoms with Crippen LogP contribution in [0.5, 0.6) is 0 Å². The van der Waals surface area contributed by atoms with E-state index >= 15 is 0 Å². The fourth-order valence-corrected chi connectivity index (χ4v) is 6.24. The van der Waals surface area contributed by atoms with Gasteiger partial charge < -0.3 is 9.84 Å². The molecule has 0 rings (SSSR count). The molecule has 0 spiro atoms. The smallest absolute Gasteiger partial charge is 0.306 e. The summed E-state index contributed by atoms with van der Waals surface area (Å²) >= 11 is 0. The van der Waals surface area contributed by atoms with Crippen LogP contribution in [0.3, 0.4) is 0 Å². The van der Waals surface area contributed by atoms with E-state index in [2.05, 4.69) is 26.0 Å². The normalized spacial score (nSPS) is 12.2. The number of carbonyl (C=O) groups excluding carboxylic acids is 1. The molecule has 0 aromatic rings.